The van der Waals surface area contributed by atoms with Gasteiger partial charge in [-0.25, -0.2) is 8.42 Å². The molecular weight excluding hydrogens is 290 g/mol. The lowest BCUT2D eigenvalue weighted by Crippen LogP contribution is -2.26. The van der Waals surface area contributed by atoms with Crippen molar-refractivity contribution in [3.63, 3.8) is 0 Å². The summed E-state index contributed by atoms with van der Waals surface area (Å²) in [6.07, 6.45) is 1.60. The minimum absolute atomic E-state index is 0.266. The molecule has 0 aliphatic heterocycles. The third kappa shape index (κ3) is 2.50. The molecule has 2 heterocycles. The molecule has 0 saturated heterocycles. The zero-order valence-electron chi connectivity index (χ0n) is 11.0. The molecule has 0 amide bonds. The van der Waals surface area contributed by atoms with Crippen molar-refractivity contribution in [3.8, 4) is 11.5 Å². The van der Waals surface area contributed by atoms with Gasteiger partial charge in [-0.2, -0.15) is 5.10 Å². The Morgan fingerprint density at radius 2 is 1.89 bits per heavy atom. The molecule has 0 aliphatic carbocycles. The minimum Gasteiger partial charge on any atom is -0.290 e. The smallest absolute Gasteiger partial charge is 0.290 e. The van der Waals surface area contributed by atoms with Crippen LogP contribution < -0.4 is 0 Å². The standard InChI is InChI=1S/C10H14ClN5O2S/c1-10(2,3)16-8(7-5-6-12-15(7)4)13-14-9(16)19(11,17)18/h5-6H,1-4H3. The Morgan fingerprint density at radius 1 is 1.26 bits per heavy atom. The van der Waals surface area contributed by atoms with Gasteiger partial charge in [-0.15, -0.1) is 10.2 Å². The molecule has 0 bridgehead atoms. The summed E-state index contributed by atoms with van der Waals surface area (Å²) in [5.74, 6) is 0.409. The van der Waals surface area contributed by atoms with Gasteiger partial charge >= 0.3 is 0 Å². The van der Waals surface area contributed by atoms with Gasteiger partial charge in [0, 0.05) is 29.5 Å². The maximum absolute atomic E-state index is 11.6. The van der Waals surface area contributed by atoms with E-state index in [2.05, 4.69) is 15.3 Å². The molecule has 0 saturated carbocycles. The molecule has 0 atom stereocenters. The van der Waals surface area contributed by atoms with Gasteiger partial charge in [0.05, 0.1) is 0 Å². The quantitative estimate of drug-likeness (QED) is 0.782. The third-order valence-corrected chi connectivity index (χ3v) is 3.69. The molecular formula is C10H14ClN5O2S. The Hall–Kier alpha value is -1.41. The van der Waals surface area contributed by atoms with E-state index in [-0.39, 0.29) is 5.16 Å². The van der Waals surface area contributed by atoms with Crippen molar-refractivity contribution in [3.05, 3.63) is 12.3 Å². The molecule has 2 aromatic heterocycles. The third-order valence-electron chi connectivity index (χ3n) is 2.57. The van der Waals surface area contributed by atoms with Crippen LogP contribution in [0.3, 0.4) is 0 Å². The first-order valence-corrected chi connectivity index (χ1v) is 7.82. The van der Waals surface area contributed by atoms with Crippen molar-refractivity contribution < 1.29 is 8.42 Å². The van der Waals surface area contributed by atoms with Crippen molar-refractivity contribution in [2.75, 3.05) is 0 Å². The molecule has 0 radical (unpaired) electrons. The van der Waals surface area contributed by atoms with Crippen molar-refractivity contribution in [1.82, 2.24) is 24.5 Å². The maximum Gasteiger partial charge on any atom is 0.296 e. The summed E-state index contributed by atoms with van der Waals surface area (Å²) < 4.78 is 26.3. The molecule has 0 spiro atoms. The lowest BCUT2D eigenvalue weighted by Gasteiger charge is -2.23. The van der Waals surface area contributed by atoms with E-state index in [0.717, 1.165) is 0 Å². The Labute approximate surface area is 115 Å². The predicted octanol–water partition coefficient (Wildman–Crippen LogP) is 1.36. The molecule has 7 nitrogen and oxygen atoms in total. The van der Waals surface area contributed by atoms with Crippen LogP contribution in [0.15, 0.2) is 17.4 Å². The molecule has 9 heteroatoms. The van der Waals surface area contributed by atoms with Gasteiger partial charge in [0.15, 0.2) is 5.82 Å². The van der Waals surface area contributed by atoms with E-state index in [1.54, 1.807) is 24.0 Å². The van der Waals surface area contributed by atoms with Crippen LogP contribution in [-0.4, -0.2) is 33.0 Å². The van der Waals surface area contributed by atoms with Gasteiger partial charge in [-0.1, -0.05) is 0 Å². The molecule has 19 heavy (non-hydrogen) atoms. The van der Waals surface area contributed by atoms with Crippen LogP contribution in [0, 0.1) is 0 Å². The fourth-order valence-corrected chi connectivity index (χ4v) is 2.81. The van der Waals surface area contributed by atoms with Gasteiger partial charge in [0.25, 0.3) is 14.2 Å². The predicted molar refractivity (Wildman–Crippen MR) is 70.3 cm³/mol. The van der Waals surface area contributed by atoms with Crippen LogP contribution in [0.5, 0.6) is 0 Å². The summed E-state index contributed by atoms with van der Waals surface area (Å²) in [5.41, 5.74) is 0.120. The van der Waals surface area contributed by atoms with Gasteiger partial charge in [0.1, 0.15) is 5.69 Å². The van der Waals surface area contributed by atoms with E-state index in [0.29, 0.717) is 11.5 Å². The summed E-state index contributed by atoms with van der Waals surface area (Å²) in [7, 11) is 3.18. The molecule has 0 aromatic carbocycles. The zero-order chi connectivity index (χ0) is 14.4. The van der Waals surface area contributed by atoms with E-state index in [1.807, 2.05) is 20.8 Å². The molecule has 0 fully saturated rings. The Kier molecular flexibility index (Phi) is 3.18. The second-order valence-corrected chi connectivity index (χ2v) is 7.55. The number of aryl methyl sites for hydroxylation is 1. The maximum atomic E-state index is 11.6. The van der Waals surface area contributed by atoms with Gasteiger partial charge in [-0.05, 0) is 26.8 Å². The highest BCUT2D eigenvalue weighted by atomic mass is 35.7. The van der Waals surface area contributed by atoms with Crippen LogP contribution >= 0.6 is 10.7 Å². The second kappa shape index (κ2) is 4.31. The molecule has 0 aliphatic rings. The summed E-state index contributed by atoms with van der Waals surface area (Å²) in [6, 6.07) is 1.73. The van der Waals surface area contributed by atoms with Crippen molar-refractivity contribution in [1.29, 1.82) is 0 Å². The highest BCUT2D eigenvalue weighted by Crippen LogP contribution is 2.28. The second-order valence-electron chi connectivity index (χ2n) is 5.09. The van der Waals surface area contributed by atoms with Crippen molar-refractivity contribution in [2.24, 2.45) is 7.05 Å². The largest absolute Gasteiger partial charge is 0.296 e. The summed E-state index contributed by atoms with van der Waals surface area (Å²) in [5, 5.41) is 11.4. The van der Waals surface area contributed by atoms with Gasteiger partial charge < -0.3 is 0 Å². The van der Waals surface area contributed by atoms with E-state index in [1.165, 1.54) is 4.57 Å². The first-order valence-electron chi connectivity index (χ1n) is 5.51. The van der Waals surface area contributed by atoms with Crippen LogP contribution in [-0.2, 0) is 21.6 Å². The minimum atomic E-state index is -3.97. The number of hydrogen-bond donors (Lipinski definition) is 0. The van der Waals surface area contributed by atoms with Gasteiger partial charge in [-0.3, -0.25) is 9.25 Å². The monoisotopic (exact) mass is 303 g/mol. The molecule has 0 N–H and O–H groups in total. The van der Waals surface area contributed by atoms with E-state index < -0.39 is 14.6 Å². The number of halogens is 1. The Bertz CT molecular complexity index is 711. The summed E-state index contributed by atoms with van der Waals surface area (Å²) in [4.78, 5) is 0. The average Bonchev–Trinajstić information content (AvgIpc) is 2.79. The van der Waals surface area contributed by atoms with Crippen LogP contribution in [0.25, 0.3) is 11.5 Å². The number of hydrogen-bond acceptors (Lipinski definition) is 5. The Balaban J connectivity index is 2.79. The van der Waals surface area contributed by atoms with E-state index in [4.69, 9.17) is 10.7 Å². The molecule has 104 valence electrons. The zero-order valence-corrected chi connectivity index (χ0v) is 12.6. The highest BCUT2D eigenvalue weighted by molar-refractivity contribution is 8.13. The number of rotatable bonds is 2. The first-order chi connectivity index (χ1) is 8.62. The Morgan fingerprint density at radius 3 is 2.32 bits per heavy atom. The van der Waals surface area contributed by atoms with Crippen LogP contribution in [0.1, 0.15) is 20.8 Å². The molecule has 0 unspecified atom stereocenters. The van der Waals surface area contributed by atoms with E-state index >= 15 is 0 Å². The summed E-state index contributed by atoms with van der Waals surface area (Å²) >= 11 is 0. The lowest BCUT2D eigenvalue weighted by molar-refractivity contribution is 0.366. The SMILES string of the molecule is Cn1nccc1-c1nnc(S(=O)(=O)Cl)n1C(C)(C)C. The molecule has 2 aromatic rings. The van der Waals surface area contributed by atoms with Gasteiger partial charge in [0.2, 0.25) is 0 Å². The van der Waals surface area contributed by atoms with Crippen LogP contribution in [0.2, 0.25) is 0 Å². The lowest BCUT2D eigenvalue weighted by atomic mass is 10.1. The van der Waals surface area contributed by atoms with E-state index in [9.17, 15) is 8.42 Å². The first kappa shape index (κ1) is 14.0. The fourth-order valence-electron chi connectivity index (χ4n) is 1.79. The normalized spacial score (nSPS) is 12.9. The number of aromatic nitrogens is 5. The average molecular weight is 304 g/mol. The van der Waals surface area contributed by atoms with Crippen molar-refractivity contribution >= 4 is 19.7 Å². The van der Waals surface area contributed by atoms with Crippen molar-refractivity contribution in [2.45, 2.75) is 31.5 Å². The highest BCUT2D eigenvalue weighted by Gasteiger charge is 2.30. The van der Waals surface area contributed by atoms with Crippen LogP contribution in [0.4, 0.5) is 0 Å². The summed E-state index contributed by atoms with van der Waals surface area (Å²) in [6.45, 7) is 5.55. The number of nitrogens with zero attached hydrogens (tertiary/aromatic N) is 5. The molecule has 2 rings (SSSR count). The topological polar surface area (TPSA) is 82.7 Å². The fraction of sp³-hybridized carbons (Fsp3) is 0.500.